The summed E-state index contributed by atoms with van der Waals surface area (Å²) < 4.78 is 11.5. The van der Waals surface area contributed by atoms with Crippen LogP contribution in [0.2, 0.25) is 5.02 Å². The molecule has 0 spiro atoms. The Morgan fingerprint density at radius 2 is 1.78 bits per heavy atom. The molecule has 0 bridgehead atoms. The number of nitrogens with one attached hydrogen (secondary N) is 1. The van der Waals surface area contributed by atoms with Gasteiger partial charge >= 0.3 is 0 Å². The molecular formula is C28H26ClN3O4. The molecule has 0 aliphatic carbocycles. The van der Waals surface area contributed by atoms with Gasteiger partial charge in [0.05, 0.1) is 28.6 Å². The van der Waals surface area contributed by atoms with Crippen molar-refractivity contribution in [3.8, 4) is 11.5 Å². The molecule has 4 rings (SSSR count). The second kappa shape index (κ2) is 11.1. The van der Waals surface area contributed by atoms with Gasteiger partial charge in [0.25, 0.3) is 11.8 Å². The lowest BCUT2D eigenvalue weighted by atomic mass is 10.1. The van der Waals surface area contributed by atoms with Gasteiger partial charge in [-0.05, 0) is 68.8 Å². The number of aryl methyl sites for hydroxylation is 1. The smallest absolute Gasteiger partial charge is 0.280 e. The summed E-state index contributed by atoms with van der Waals surface area (Å²) in [6.07, 6.45) is 1.74. The molecule has 1 aliphatic heterocycles. The van der Waals surface area contributed by atoms with Gasteiger partial charge < -0.3 is 14.8 Å². The zero-order chi connectivity index (χ0) is 25.7. The largest absolute Gasteiger partial charge is 0.490 e. The zero-order valence-electron chi connectivity index (χ0n) is 20.2. The maximum absolute atomic E-state index is 13.1. The number of benzene rings is 3. The third-order valence-electron chi connectivity index (χ3n) is 5.42. The Labute approximate surface area is 215 Å². The molecule has 7 nitrogen and oxygen atoms in total. The van der Waals surface area contributed by atoms with E-state index in [-0.39, 0.29) is 18.4 Å². The van der Waals surface area contributed by atoms with E-state index in [2.05, 4.69) is 10.4 Å². The van der Waals surface area contributed by atoms with E-state index in [1.54, 1.807) is 55.5 Å². The van der Waals surface area contributed by atoms with E-state index < -0.39 is 0 Å². The van der Waals surface area contributed by atoms with E-state index in [0.29, 0.717) is 45.8 Å². The highest BCUT2D eigenvalue weighted by Gasteiger charge is 2.29. The summed E-state index contributed by atoms with van der Waals surface area (Å²) in [5.41, 5.74) is 4.08. The van der Waals surface area contributed by atoms with Crippen molar-refractivity contribution in [2.24, 2.45) is 5.10 Å². The summed E-state index contributed by atoms with van der Waals surface area (Å²) >= 11 is 6.26. The van der Waals surface area contributed by atoms with Crippen LogP contribution in [-0.4, -0.2) is 30.7 Å². The van der Waals surface area contributed by atoms with Crippen LogP contribution < -0.4 is 19.8 Å². The van der Waals surface area contributed by atoms with Crippen molar-refractivity contribution >= 4 is 46.6 Å². The fraction of sp³-hybridized carbons (Fsp3) is 0.179. The molecule has 0 saturated carbocycles. The third kappa shape index (κ3) is 5.75. The average molecular weight is 504 g/mol. The number of hydrazone groups is 1. The van der Waals surface area contributed by atoms with Crippen LogP contribution in [0.15, 0.2) is 77.4 Å². The van der Waals surface area contributed by atoms with Crippen LogP contribution in [0.25, 0.3) is 6.08 Å². The molecule has 0 radical (unpaired) electrons. The number of rotatable bonds is 8. The normalized spacial score (nSPS) is 14.1. The number of carbonyl (C=O) groups is 2. The Bertz CT molecular complexity index is 1350. The first-order valence-corrected chi connectivity index (χ1v) is 11.9. The first kappa shape index (κ1) is 25.0. The number of anilines is 2. The molecule has 2 amide bonds. The number of para-hydroxylation sites is 1. The summed E-state index contributed by atoms with van der Waals surface area (Å²) in [7, 11) is 0. The molecule has 0 saturated heterocycles. The van der Waals surface area contributed by atoms with Gasteiger partial charge in [0.1, 0.15) is 0 Å². The maximum atomic E-state index is 13.1. The molecule has 8 heteroatoms. The molecule has 1 N–H and O–H groups in total. The number of ether oxygens (including phenoxy) is 2. The number of amides is 2. The number of carbonyl (C=O) groups excluding carboxylic acids is 2. The van der Waals surface area contributed by atoms with Gasteiger partial charge in [-0.25, -0.2) is 0 Å². The van der Waals surface area contributed by atoms with Crippen molar-refractivity contribution < 1.29 is 19.1 Å². The molecular weight excluding hydrogens is 478 g/mol. The van der Waals surface area contributed by atoms with Crippen LogP contribution in [0.1, 0.15) is 25.0 Å². The van der Waals surface area contributed by atoms with Crippen LogP contribution in [0.3, 0.4) is 0 Å². The molecule has 1 aliphatic rings. The first-order valence-electron chi connectivity index (χ1n) is 11.5. The van der Waals surface area contributed by atoms with E-state index in [9.17, 15) is 9.59 Å². The van der Waals surface area contributed by atoms with Gasteiger partial charge in [0.2, 0.25) is 0 Å². The minimum absolute atomic E-state index is 0.175. The topological polar surface area (TPSA) is 80.2 Å². The molecule has 36 heavy (non-hydrogen) atoms. The fourth-order valence-corrected chi connectivity index (χ4v) is 3.83. The van der Waals surface area contributed by atoms with E-state index in [4.69, 9.17) is 21.1 Å². The summed E-state index contributed by atoms with van der Waals surface area (Å²) in [6, 6.07) is 19.8. The van der Waals surface area contributed by atoms with Crippen molar-refractivity contribution in [3.63, 3.8) is 0 Å². The van der Waals surface area contributed by atoms with E-state index >= 15 is 0 Å². The summed E-state index contributed by atoms with van der Waals surface area (Å²) in [5, 5.41) is 8.94. The van der Waals surface area contributed by atoms with Crippen LogP contribution in [0.4, 0.5) is 11.4 Å². The standard InChI is InChI=1S/C28H26ClN3O4/c1-4-35-26-16-20(11-14-25(26)36-17-27(33)30-21-12-9-18(2)10-13-21)15-22-19(3)31-32(28(22)34)24-8-6-5-7-23(24)29/h5-16H,4,17H2,1-3H3,(H,30,33)/b22-15-. The molecule has 1 heterocycles. The predicted octanol–water partition coefficient (Wildman–Crippen LogP) is 5.87. The van der Waals surface area contributed by atoms with Crippen LogP contribution >= 0.6 is 11.6 Å². The van der Waals surface area contributed by atoms with Gasteiger partial charge in [-0.1, -0.05) is 47.5 Å². The Morgan fingerprint density at radius 1 is 1.03 bits per heavy atom. The first-order chi connectivity index (χ1) is 17.4. The average Bonchev–Trinajstić information content (AvgIpc) is 3.13. The summed E-state index contributed by atoms with van der Waals surface area (Å²) in [6.45, 7) is 5.85. The Balaban J connectivity index is 1.49. The predicted molar refractivity (Wildman–Crippen MR) is 143 cm³/mol. The van der Waals surface area contributed by atoms with Crippen LogP contribution in [0, 0.1) is 6.92 Å². The van der Waals surface area contributed by atoms with Crippen LogP contribution in [0.5, 0.6) is 11.5 Å². The van der Waals surface area contributed by atoms with Gasteiger partial charge in [0, 0.05) is 5.69 Å². The zero-order valence-corrected chi connectivity index (χ0v) is 21.0. The van der Waals surface area contributed by atoms with Gasteiger partial charge in [-0.15, -0.1) is 0 Å². The van der Waals surface area contributed by atoms with E-state index in [1.807, 2.05) is 38.1 Å². The summed E-state index contributed by atoms with van der Waals surface area (Å²) in [4.78, 5) is 25.4. The second-order valence-electron chi connectivity index (χ2n) is 8.15. The van der Waals surface area contributed by atoms with Crippen molar-refractivity contribution in [2.45, 2.75) is 20.8 Å². The Morgan fingerprint density at radius 3 is 2.50 bits per heavy atom. The van der Waals surface area contributed by atoms with Crippen molar-refractivity contribution in [1.29, 1.82) is 0 Å². The van der Waals surface area contributed by atoms with Gasteiger partial charge in [-0.2, -0.15) is 10.1 Å². The lowest BCUT2D eigenvalue weighted by molar-refractivity contribution is -0.118. The lowest BCUT2D eigenvalue weighted by Crippen LogP contribution is -2.21. The minimum Gasteiger partial charge on any atom is -0.490 e. The second-order valence-corrected chi connectivity index (χ2v) is 8.56. The van der Waals surface area contributed by atoms with E-state index in [0.717, 1.165) is 11.1 Å². The monoisotopic (exact) mass is 503 g/mol. The fourth-order valence-electron chi connectivity index (χ4n) is 3.62. The number of halogens is 1. The van der Waals surface area contributed by atoms with Crippen LogP contribution in [-0.2, 0) is 9.59 Å². The molecule has 3 aromatic carbocycles. The molecule has 0 atom stereocenters. The Hall–Kier alpha value is -4.10. The highest BCUT2D eigenvalue weighted by atomic mass is 35.5. The number of nitrogens with zero attached hydrogens (tertiary/aromatic N) is 2. The van der Waals surface area contributed by atoms with Crippen molar-refractivity contribution in [2.75, 3.05) is 23.5 Å². The number of hydrogen-bond donors (Lipinski definition) is 1. The molecule has 0 unspecified atom stereocenters. The van der Waals surface area contributed by atoms with E-state index in [1.165, 1.54) is 5.01 Å². The molecule has 3 aromatic rings. The minimum atomic E-state index is -0.282. The quantitative estimate of drug-likeness (QED) is 0.390. The highest BCUT2D eigenvalue weighted by Crippen LogP contribution is 2.33. The highest BCUT2D eigenvalue weighted by molar-refractivity contribution is 6.37. The molecule has 0 fully saturated rings. The SMILES string of the molecule is CCOc1cc(/C=C2\C(=O)N(c3ccccc3Cl)N=C2C)ccc1OCC(=O)Nc1ccc(C)cc1. The number of hydrogen-bond acceptors (Lipinski definition) is 5. The molecule has 0 aromatic heterocycles. The maximum Gasteiger partial charge on any atom is 0.280 e. The Kier molecular flexibility index (Phi) is 7.71. The lowest BCUT2D eigenvalue weighted by Gasteiger charge is -2.14. The molecule has 184 valence electrons. The summed E-state index contributed by atoms with van der Waals surface area (Å²) in [5.74, 6) is 0.346. The van der Waals surface area contributed by atoms with Crippen molar-refractivity contribution in [3.05, 3.63) is 88.5 Å². The van der Waals surface area contributed by atoms with Gasteiger partial charge in [0.15, 0.2) is 18.1 Å². The third-order valence-corrected chi connectivity index (χ3v) is 5.74. The van der Waals surface area contributed by atoms with Crippen molar-refractivity contribution in [1.82, 2.24) is 0 Å². The van der Waals surface area contributed by atoms with Gasteiger partial charge in [-0.3, -0.25) is 9.59 Å².